The number of amides is 2. The van der Waals surface area contributed by atoms with Crippen molar-refractivity contribution in [2.24, 2.45) is 5.92 Å². The molecule has 19 heavy (non-hydrogen) atoms. The Balaban J connectivity index is 1.97. The molecule has 0 aromatic carbocycles. The normalized spacial score (nSPS) is 23.7. The minimum Gasteiger partial charge on any atom is -0.481 e. The van der Waals surface area contributed by atoms with Crippen LogP contribution < -0.4 is 0 Å². The molecule has 1 unspecified atom stereocenters. The van der Waals surface area contributed by atoms with E-state index in [1.54, 1.807) is 0 Å². The lowest BCUT2D eigenvalue weighted by molar-refractivity contribution is -0.153. The standard InChI is InChI=1S/C11H16N2O6/c1-18-10(16)8-6-19-3-2-13(8)11(17)12-4-7(5-12)9(14)15/h7-8H,2-6H2,1H3,(H,14,15). The molecule has 0 radical (unpaired) electrons. The number of morpholine rings is 1. The number of carboxylic acid groups (broad SMARTS) is 1. The smallest absolute Gasteiger partial charge is 0.331 e. The highest BCUT2D eigenvalue weighted by molar-refractivity contribution is 5.85. The maximum Gasteiger partial charge on any atom is 0.331 e. The summed E-state index contributed by atoms with van der Waals surface area (Å²) >= 11 is 0. The van der Waals surface area contributed by atoms with Gasteiger partial charge in [-0.2, -0.15) is 0 Å². The van der Waals surface area contributed by atoms with Gasteiger partial charge in [-0.25, -0.2) is 9.59 Å². The first-order valence-corrected chi connectivity index (χ1v) is 5.98. The summed E-state index contributed by atoms with van der Waals surface area (Å²) in [5, 5.41) is 8.78. The molecule has 2 aliphatic rings. The average molecular weight is 272 g/mol. The van der Waals surface area contributed by atoms with Crippen molar-refractivity contribution in [3.05, 3.63) is 0 Å². The predicted octanol–water partition coefficient (Wildman–Crippen LogP) is -1.00. The summed E-state index contributed by atoms with van der Waals surface area (Å²) in [6.07, 6.45) is 0. The van der Waals surface area contributed by atoms with Crippen LogP contribution in [0.3, 0.4) is 0 Å². The summed E-state index contributed by atoms with van der Waals surface area (Å²) in [6, 6.07) is -1.09. The molecular formula is C11H16N2O6. The van der Waals surface area contributed by atoms with Crippen molar-refractivity contribution in [1.82, 2.24) is 9.80 Å². The van der Waals surface area contributed by atoms with E-state index < -0.39 is 23.9 Å². The van der Waals surface area contributed by atoms with Crippen LogP contribution >= 0.6 is 0 Å². The number of ether oxygens (including phenoxy) is 2. The van der Waals surface area contributed by atoms with Gasteiger partial charge in [-0.05, 0) is 0 Å². The van der Waals surface area contributed by atoms with Gasteiger partial charge in [0.25, 0.3) is 0 Å². The number of urea groups is 1. The molecule has 1 N–H and O–H groups in total. The molecule has 106 valence electrons. The average Bonchev–Trinajstić information content (AvgIpc) is 2.35. The Bertz CT molecular complexity index is 393. The Morgan fingerprint density at radius 3 is 2.58 bits per heavy atom. The number of methoxy groups -OCH3 is 1. The number of hydrogen-bond acceptors (Lipinski definition) is 5. The molecule has 0 saturated carbocycles. The number of carbonyl (C=O) groups excluding carboxylic acids is 2. The van der Waals surface area contributed by atoms with E-state index >= 15 is 0 Å². The summed E-state index contributed by atoms with van der Waals surface area (Å²) in [5.41, 5.74) is 0. The van der Waals surface area contributed by atoms with E-state index in [0.29, 0.717) is 13.2 Å². The SMILES string of the molecule is COC(=O)C1COCCN1C(=O)N1CC(C(=O)O)C1. The summed E-state index contributed by atoms with van der Waals surface area (Å²) in [7, 11) is 1.25. The van der Waals surface area contributed by atoms with E-state index in [1.807, 2.05) is 0 Å². The van der Waals surface area contributed by atoms with Crippen LogP contribution in [0.15, 0.2) is 0 Å². The number of esters is 1. The molecule has 2 saturated heterocycles. The van der Waals surface area contributed by atoms with E-state index in [9.17, 15) is 14.4 Å². The van der Waals surface area contributed by atoms with E-state index in [4.69, 9.17) is 9.84 Å². The van der Waals surface area contributed by atoms with Crippen LogP contribution in [0.5, 0.6) is 0 Å². The summed E-state index contributed by atoms with van der Waals surface area (Å²) in [5.74, 6) is -1.94. The first-order valence-electron chi connectivity index (χ1n) is 5.98. The second-order valence-corrected chi connectivity index (χ2v) is 4.53. The number of carboxylic acids is 1. The second kappa shape index (κ2) is 5.43. The van der Waals surface area contributed by atoms with Crippen LogP contribution in [-0.2, 0) is 19.1 Å². The van der Waals surface area contributed by atoms with Crippen molar-refractivity contribution in [1.29, 1.82) is 0 Å². The monoisotopic (exact) mass is 272 g/mol. The summed E-state index contributed by atoms with van der Waals surface area (Å²) < 4.78 is 9.80. The van der Waals surface area contributed by atoms with Gasteiger partial charge < -0.3 is 24.4 Å². The fourth-order valence-corrected chi connectivity index (χ4v) is 2.14. The molecule has 0 aliphatic carbocycles. The molecule has 2 heterocycles. The van der Waals surface area contributed by atoms with Gasteiger partial charge in [0.05, 0.1) is 26.2 Å². The van der Waals surface area contributed by atoms with Crippen LogP contribution in [-0.4, -0.2) is 78.9 Å². The Morgan fingerprint density at radius 2 is 2.00 bits per heavy atom. The van der Waals surface area contributed by atoms with Crippen LogP contribution in [0, 0.1) is 5.92 Å². The number of hydrogen-bond donors (Lipinski definition) is 1. The Morgan fingerprint density at radius 1 is 1.32 bits per heavy atom. The zero-order valence-electron chi connectivity index (χ0n) is 10.6. The van der Waals surface area contributed by atoms with Crippen molar-refractivity contribution in [2.45, 2.75) is 6.04 Å². The minimum atomic E-state index is -0.907. The van der Waals surface area contributed by atoms with Crippen molar-refractivity contribution >= 4 is 18.0 Å². The number of aliphatic carboxylic acids is 1. The molecule has 2 fully saturated rings. The maximum absolute atomic E-state index is 12.2. The quantitative estimate of drug-likeness (QED) is 0.647. The highest BCUT2D eigenvalue weighted by Gasteiger charge is 2.41. The summed E-state index contributed by atoms with van der Waals surface area (Å²) in [4.78, 5) is 37.2. The first-order chi connectivity index (χ1) is 9.04. The van der Waals surface area contributed by atoms with E-state index in [2.05, 4.69) is 4.74 Å². The largest absolute Gasteiger partial charge is 0.481 e. The van der Waals surface area contributed by atoms with Gasteiger partial charge in [-0.3, -0.25) is 4.79 Å². The van der Waals surface area contributed by atoms with E-state index in [1.165, 1.54) is 16.9 Å². The molecule has 2 amide bonds. The number of carbonyl (C=O) groups is 3. The molecular weight excluding hydrogens is 256 g/mol. The predicted molar refractivity (Wildman–Crippen MR) is 61.4 cm³/mol. The molecule has 8 heteroatoms. The van der Waals surface area contributed by atoms with Gasteiger partial charge in [0.15, 0.2) is 6.04 Å². The van der Waals surface area contributed by atoms with Crippen LogP contribution in [0.2, 0.25) is 0 Å². The van der Waals surface area contributed by atoms with Gasteiger partial charge >= 0.3 is 18.0 Å². The van der Waals surface area contributed by atoms with Crippen molar-refractivity contribution in [3.8, 4) is 0 Å². The molecule has 2 rings (SSSR count). The third-order valence-corrected chi connectivity index (χ3v) is 3.35. The lowest BCUT2D eigenvalue weighted by Gasteiger charge is -2.42. The van der Waals surface area contributed by atoms with Gasteiger partial charge in [0.2, 0.25) is 0 Å². The zero-order chi connectivity index (χ0) is 14.0. The van der Waals surface area contributed by atoms with Crippen molar-refractivity contribution in [2.75, 3.05) is 40.0 Å². The maximum atomic E-state index is 12.2. The Kier molecular flexibility index (Phi) is 3.89. The van der Waals surface area contributed by atoms with Crippen molar-refractivity contribution < 1.29 is 29.0 Å². The fraction of sp³-hybridized carbons (Fsp3) is 0.727. The third kappa shape index (κ3) is 2.62. The van der Waals surface area contributed by atoms with Crippen LogP contribution in [0.4, 0.5) is 4.79 Å². The summed E-state index contributed by atoms with van der Waals surface area (Å²) in [6.45, 7) is 1.12. The number of nitrogens with zero attached hydrogens (tertiary/aromatic N) is 2. The van der Waals surface area contributed by atoms with E-state index in [0.717, 1.165) is 0 Å². The minimum absolute atomic E-state index is 0.106. The third-order valence-electron chi connectivity index (χ3n) is 3.35. The lowest BCUT2D eigenvalue weighted by Crippen LogP contribution is -2.62. The zero-order valence-corrected chi connectivity index (χ0v) is 10.6. The lowest BCUT2D eigenvalue weighted by atomic mass is 10.0. The molecule has 0 aromatic heterocycles. The van der Waals surface area contributed by atoms with Gasteiger partial charge in [-0.1, -0.05) is 0 Å². The molecule has 0 aromatic rings. The topological polar surface area (TPSA) is 96.4 Å². The van der Waals surface area contributed by atoms with E-state index in [-0.39, 0.29) is 25.7 Å². The van der Waals surface area contributed by atoms with Gasteiger partial charge in [0, 0.05) is 19.6 Å². The Hall–Kier alpha value is -1.83. The molecule has 0 bridgehead atoms. The van der Waals surface area contributed by atoms with Gasteiger partial charge in [-0.15, -0.1) is 0 Å². The molecule has 1 atom stereocenters. The highest BCUT2D eigenvalue weighted by atomic mass is 16.5. The molecule has 0 spiro atoms. The second-order valence-electron chi connectivity index (χ2n) is 4.53. The number of likely N-dealkylation sites (tertiary alicyclic amines) is 1. The molecule has 8 nitrogen and oxygen atoms in total. The van der Waals surface area contributed by atoms with Crippen molar-refractivity contribution in [3.63, 3.8) is 0 Å². The molecule has 2 aliphatic heterocycles. The van der Waals surface area contributed by atoms with Gasteiger partial charge in [0.1, 0.15) is 0 Å². The van der Waals surface area contributed by atoms with Crippen LogP contribution in [0.1, 0.15) is 0 Å². The van der Waals surface area contributed by atoms with Crippen LogP contribution in [0.25, 0.3) is 0 Å². The Labute approximate surface area is 109 Å². The highest BCUT2D eigenvalue weighted by Crippen LogP contribution is 2.20. The fourth-order valence-electron chi connectivity index (χ4n) is 2.14. The first kappa shape index (κ1) is 13.6. The number of rotatable bonds is 2.